The van der Waals surface area contributed by atoms with E-state index in [1.165, 1.54) is 12.1 Å². The highest BCUT2D eigenvalue weighted by atomic mass is 35.5. The maximum absolute atomic E-state index is 14.1. The van der Waals surface area contributed by atoms with Crippen molar-refractivity contribution in [2.45, 2.75) is 24.6 Å². The molecule has 5 rings (SSSR count). The van der Waals surface area contributed by atoms with Crippen LogP contribution in [0.4, 0.5) is 27.6 Å². The van der Waals surface area contributed by atoms with Crippen LogP contribution in [0.25, 0.3) is 0 Å². The van der Waals surface area contributed by atoms with E-state index >= 15 is 0 Å². The number of benzene rings is 3. The number of alkyl halides is 3. The minimum absolute atomic E-state index is 0.0170. The van der Waals surface area contributed by atoms with Gasteiger partial charge in [0.25, 0.3) is 11.8 Å². The predicted octanol–water partition coefficient (Wildman–Crippen LogP) is 5.33. The molecule has 6 nitrogen and oxygen atoms in total. The number of carbonyl (C=O) groups excluding carboxylic acids is 3. The second-order valence-corrected chi connectivity index (χ2v) is 9.39. The quantitative estimate of drug-likeness (QED) is 0.385. The normalized spacial score (nSPS) is 18.7. The Balaban J connectivity index is 1.62. The summed E-state index contributed by atoms with van der Waals surface area (Å²) in [6, 6.07) is 6.99. The molecule has 2 aliphatic rings. The lowest BCUT2D eigenvalue weighted by molar-refractivity contribution is -0.137. The van der Waals surface area contributed by atoms with E-state index in [0.29, 0.717) is 17.7 Å². The summed E-state index contributed by atoms with van der Waals surface area (Å²) in [5.74, 6) is -4.10. The van der Waals surface area contributed by atoms with E-state index in [4.69, 9.17) is 11.6 Å². The molecule has 2 atom stereocenters. The Morgan fingerprint density at radius 1 is 1.00 bits per heavy atom. The molecule has 1 saturated heterocycles. The number of nitrogens with one attached hydrogen (secondary N) is 3. The van der Waals surface area contributed by atoms with Crippen LogP contribution in [0.1, 0.15) is 61.4 Å². The number of amides is 3. The summed E-state index contributed by atoms with van der Waals surface area (Å²) in [4.78, 5) is 37.8. The van der Waals surface area contributed by atoms with Crippen molar-refractivity contribution in [2.24, 2.45) is 0 Å². The van der Waals surface area contributed by atoms with Crippen LogP contribution in [0.3, 0.4) is 0 Å². The van der Waals surface area contributed by atoms with Gasteiger partial charge in [0, 0.05) is 51.8 Å². The molecular weight excluding hydrogens is 533 g/mol. The molecular formula is C26H17ClF5N3O3. The topological polar surface area (TPSA) is 87.3 Å². The molecule has 2 aliphatic heterocycles. The molecule has 0 unspecified atom stereocenters. The largest absolute Gasteiger partial charge is 0.416 e. The van der Waals surface area contributed by atoms with Gasteiger partial charge in [0.05, 0.1) is 11.6 Å². The Kier molecular flexibility index (Phi) is 6.34. The first-order valence-electron chi connectivity index (χ1n) is 11.3. The monoisotopic (exact) mass is 549 g/mol. The lowest BCUT2D eigenvalue weighted by Gasteiger charge is -2.20. The third-order valence-electron chi connectivity index (χ3n) is 6.46. The minimum atomic E-state index is -4.89. The molecule has 0 saturated carbocycles. The van der Waals surface area contributed by atoms with E-state index in [2.05, 4.69) is 16.0 Å². The van der Waals surface area contributed by atoms with Crippen LogP contribution < -0.4 is 16.0 Å². The fraction of sp³-hybridized carbons (Fsp3) is 0.192. The fourth-order valence-corrected chi connectivity index (χ4v) is 4.91. The van der Waals surface area contributed by atoms with Gasteiger partial charge >= 0.3 is 6.18 Å². The van der Waals surface area contributed by atoms with Crippen LogP contribution >= 0.6 is 11.6 Å². The van der Waals surface area contributed by atoms with E-state index in [1.807, 2.05) is 0 Å². The summed E-state index contributed by atoms with van der Waals surface area (Å²) in [5.41, 5.74) is -0.936. The summed E-state index contributed by atoms with van der Waals surface area (Å²) in [7, 11) is 0. The van der Waals surface area contributed by atoms with Crippen LogP contribution in [0.2, 0.25) is 5.02 Å². The number of rotatable bonds is 4. The molecule has 196 valence electrons. The molecule has 2 heterocycles. The Morgan fingerprint density at radius 2 is 1.76 bits per heavy atom. The van der Waals surface area contributed by atoms with Crippen molar-refractivity contribution in [1.29, 1.82) is 0 Å². The lowest BCUT2D eigenvalue weighted by Crippen LogP contribution is -2.21. The van der Waals surface area contributed by atoms with E-state index in [1.54, 1.807) is 6.07 Å². The number of halogens is 6. The van der Waals surface area contributed by atoms with Crippen molar-refractivity contribution < 1.29 is 36.3 Å². The van der Waals surface area contributed by atoms with Crippen molar-refractivity contribution in [2.75, 3.05) is 11.9 Å². The smallest absolute Gasteiger partial charge is 0.355 e. The predicted molar refractivity (Wildman–Crippen MR) is 127 cm³/mol. The number of hydrogen-bond donors (Lipinski definition) is 3. The first-order chi connectivity index (χ1) is 17.9. The zero-order valence-electron chi connectivity index (χ0n) is 19.2. The molecule has 0 radical (unpaired) electrons. The van der Waals surface area contributed by atoms with Gasteiger partial charge in [-0.15, -0.1) is 0 Å². The highest BCUT2D eigenvalue weighted by Gasteiger charge is 2.37. The summed E-state index contributed by atoms with van der Waals surface area (Å²) in [6.07, 6.45) is -4.78. The zero-order chi connectivity index (χ0) is 27.4. The number of hydrogen-bond acceptors (Lipinski definition) is 3. The molecule has 3 aromatic carbocycles. The van der Waals surface area contributed by atoms with Crippen molar-refractivity contribution in [1.82, 2.24) is 10.6 Å². The maximum atomic E-state index is 14.1. The van der Waals surface area contributed by atoms with Crippen molar-refractivity contribution in [3.63, 3.8) is 0 Å². The van der Waals surface area contributed by atoms with Gasteiger partial charge in [-0.3, -0.25) is 14.4 Å². The standard InChI is InChI=1S/C26H17ClF5N3O3/c27-19-2-1-15(28)9-17(19)23-22-18(25(38)35-23)5-11(13-7-21(36)33-10-13)6-20(22)34-24(37)12-3-14(26(30,31)32)8-16(29)4-12/h1-6,8-9,13,23H,7,10H2,(H,33,36)(H,34,37)(H,35,38)/t13-,23+/m1/s1. The molecule has 3 amide bonds. The van der Waals surface area contributed by atoms with Gasteiger partial charge in [-0.05, 0) is 54.1 Å². The molecule has 12 heteroatoms. The van der Waals surface area contributed by atoms with Gasteiger partial charge < -0.3 is 16.0 Å². The van der Waals surface area contributed by atoms with Crippen LogP contribution in [-0.4, -0.2) is 24.3 Å². The highest BCUT2D eigenvalue weighted by Crippen LogP contribution is 2.42. The second kappa shape index (κ2) is 9.39. The van der Waals surface area contributed by atoms with E-state index < -0.39 is 46.8 Å². The highest BCUT2D eigenvalue weighted by molar-refractivity contribution is 6.31. The van der Waals surface area contributed by atoms with Crippen LogP contribution in [0.5, 0.6) is 0 Å². The summed E-state index contributed by atoms with van der Waals surface area (Å²) >= 11 is 6.27. The molecule has 1 fully saturated rings. The Labute approximate surface area is 217 Å². The molecule has 38 heavy (non-hydrogen) atoms. The molecule has 0 spiro atoms. The van der Waals surface area contributed by atoms with Crippen LogP contribution in [-0.2, 0) is 11.0 Å². The Bertz CT molecular complexity index is 1510. The minimum Gasteiger partial charge on any atom is -0.355 e. The molecule has 0 aliphatic carbocycles. The number of carbonyl (C=O) groups is 3. The third kappa shape index (κ3) is 4.81. The fourth-order valence-electron chi connectivity index (χ4n) is 4.68. The average Bonchev–Trinajstić information content (AvgIpc) is 3.43. The van der Waals surface area contributed by atoms with Gasteiger partial charge in [0.15, 0.2) is 0 Å². The average molecular weight is 550 g/mol. The summed E-state index contributed by atoms with van der Waals surface area (Å²) in [5, 5.41) is 7.97. The Hall–Kier alpha value is -3.99. The van der Waals surface area contributed by atoms with Gasteiger partial charge in [0.2, 0.25) is 5.91 Å². The molecule has 3 N–H and O–H groups in total. The van der Waals surface area contributed by atoms with Gasteiger partial charge in [-0.1, -0.05) is 11.6 Å². The second-order valence-electron chi connectivity index (χ2n) is 8.99. The Morgan fingerprint density at radius 3 is 2.45 bits per heavy atom. The van der Waals surface area contributed by atoms with E-state index in [-0.39, 0.29) is 58.3 Å². The maximum Gasteiger partial charge on any atom is 0.416 e. The van der Waals surface area contributed by atoms with E-state index in [0.717, 1.165) is 12.1 Å². The molecule has 0 bridgehead atoms. The van der Waals surface area contributed by atoms with Crippen molar-refractivity contribution in [3.05, 3.63) is 98.6 Å². The van der Waals surface area contributed by atoms with Gasteiger partial charge in [-0.2, -0.15) is 13.2 Å². The van der Waals surface area contributed by atoms with Gasteiger partial charge in [-0.25, -0.2) is 8.78 Å². The van der Waals surface area contributed by atoms with E-state index in [9.17, 15) is 36.3 Å². The van der Waals surface area contributed by atoms with Crippen molar-refractivity contribution >= 4 is 35.0 Å². The molecule has 0 aromatic heterocycles. The van der Waals surface area contributed by atoms with Crippen LogP contribution in [0.15, 0.2) is 48.5 Å². The van der Waals surface area contributed by atoms with Crippen LogP contribution in [0, 0.1) is 11.6 Å². The summed E-state index contributed by atoms with van der Waals surface area (Å²) in [6.45, 7) is 0.268. The number of anilines is 1. The van der Waals surface area contributed by atoms with Crippen molar-refractivity contribution in [3.8, 4) is 0 Å². The first kappa shape index (κ1) is 25.7. The SMILES string of the molecule is O=C1C[C@@H](c2cc(NC(=O)c3cc(F)cc(C(F)(F)F)c3)c3c(c2)C(=O)N[C@H]3c2cc(F)ccc2Cl)CN1. The molecule has 3 aromatic rings. The zero-order valence-corrected chi connectivity index (χ0v) is 19.9. The first-order valence-corrected chi connectivity index (χ1v) is 11.7. The third-order valence-corrected chi connectivity index (χ3v) is 6.81. The number of fused-ring (bicyclic) bond motifs is 1. The summed E-state index contributed by atoms with van der Waals surface area (Å²) < 4.78 is 67.7. The van der Waals surface area contributed by atoms with Gasteiger partial charge in [0.1, 0.15) is 11.6 Å². The lowest BCUT2D eigenvalue weighted by atomic mass is 9.90.